The van der Waals surface area contributed by atoms with Gasteiger partial charge in [0.2, 0.25) is 0 Å². The lowest BCUT2D eigenvalue weighted by Crippen LogP contribution is -2.17. The Morgan fingerprint density at radius 3 is 2.61 bits per heavy atom. The normalized spacial score (nSPS) is 10.2. The number of hydrogen-bond acceptors (Lipinski definition) is 3. The number of ether oxygens (including phenoxy) is 1. The number of hydrogen-bond donors (Lipinski definition) is 1. The SMILES string of the molecule is [C-]#[N+]c1ccc(NC(=O)Oc2ccccc2)cc1CCN(C)C. The van der Waals surface area contributed by atoms with Crippen LogP contribution in [0, 0.1) is 6.57 Å². The molecule has 118 valence electrons. The van der Waals surface area contributed by atoms with Gasteiger partial charge in [-0.3, -0.25) is 5.32 Å². The molecule has 1 amide bonds. The fourth-order valence-electron chi connectivity index (χ4n) is 2.06. The summed E-state index contributed by atoms with van der Waals surface area (Å²) in [5.41, 5.74) is 2.13. The minimum absolute atomic E-state index is 0.482. The number of benzene rings is 2. The van der Waals surface area contributed by atoms with Crippen molar-refractivity contribution in [1.29, 1.82) is 0 Å². The Hall–Kier alpha value is -2.84. The predicted molar refractivity (Wildman–Crippen MR) is 91.1 cm³/mol. The number of para-hydroxylation sites is 1. The van der Waals surface area contributed by atoms with Crippen molar-refractivity contribution < 1.29 is 9.53 Å². The van der Waals surface area contributed by atoms with Crippen molar-refractivity contribution in [2.75, 3.05) is 26.0 Å². The van der Waals surface area contributed by atoms with Crippen LogP contribution in [-0.4, -0.2) is 31.6 Å². The van der Waals surface area contributed by atoms with E-state index >= 15 is 0 Å². The second kappa shape index (κ2) is 7.97. The van der Waals surface area contributed by atoms with Crippen LogP contribution in [-0.2, 0) is 6.42 Å². The van der Waals surface area contributed by atoms with E-state index in [1.807, 2.05) is 26.2 Å². The van der Waals surface area contributed by atoms with Gasteiger partial charge in [-0.05, 0) is 50.3 Å². The van der Waals surface area contributed by atoms with Gasteiger partial charge in [0.15, 0.2) is 5.69 Å². The van der Waals surface area contributed by atoms with Crippen LogP contribution < -0.4 is 10.1 Å². The van der Waals surface area contributed by atoms with E-state index in [9.17, 15) is 4.79 Å². The van der Waals surface area contributed by atoms with Crippen LogP contribution in [0.4, 0.5) is 16.2 Å². The van der Waals surface area contributed by atoms with Crippen LogP contribution in [0.3, 0.4) is 0 Å². The molecule has 23 heavy (non-hydrogen) atoms. The number of nitrogens with one attached hydrogen (secondary N) is 1. The predicted octanol–water partition coefficient (Wildman–Crippen LogP) is 3.95. The molecule has 0 aliphatic rings. The molecule has 5 heteroatoms. The fraction of sp³-hybridized carbons (Fsp3) is 0.222. The third-order valence-electron chi connectivity index (χ3n) is 3.23. The summed E-state index contributed by atoms with van der Waals surface area (Å²) in [6, 6.07) is 14.1. The Labute approximate surface area is 136 Å². The Bertz CT molecular complexity index is 706. The van der Waals surface area contributed by atoms with E-state index < -0.39 is 6.09 Å². The highest BCUT2D eigenvalue weighted by molar-refractivity contribution is 5.86. The maximum absolute atomic E-state index is 11.9. The average molecular weight is 309 g/mol. The maximum Gasteiger partial charge on any atom is 0.417 e. The third kappa shape index (κ3) is 5.13. The van der Waals surface area contributed by atoms with Crippen LogP contribution in [0.2, 0.25) is 0 Å². The molecule has 5 nitrogen and oxygen atoms in total. The Morgan fingerprint density at radius 1 is 1.22 bits per heavy atom. The van der Waals surface area contributed by atoms with Gasteiger partial charge in [0, 0.05) is 12.2 Å². The van der Waals surface area contributed by atoms with Crippen molar-refractivity contribution in [1.82, 2.24) is 4.90 Å². The van der Waals surface area contributed by atoms with Gasteiger partial charge in [-0.15, -0.1) is 0 Å². The van der Waals surface area contributed by atoms with Crippen molar-refractivity contribution in [2.45, 2.75) is 6.42 Å². The molecule has 2 aromatic rings. The van der Waals surface area contributed by atoms with Crippen molar-refractivity contribution in [3.63, 3.8) is 0 Å². The van der Waals surface area contributed by atoms with Crippen molar-refractivity contribution in [3.05, 3.63) is 65.5 Å². The lowest BCUT2D eigenvalue weighted by atomic mass is 10.1. The van der Waals surface area contributed by atoms with Crippen molar-refractivity contribution >= 4 is 17.5 Å². The zero-order chi connectivity index (χ0) is 16.7. The van der Waals surface area contributed by atoms with Crippen LogP contribution >= 0.6 is 0 Å². The Morgan fingerprint density at radius 2 is 1.96 bits per heavy atom. The van der Waals surface area contributed by atoms with Gasteiger partial charge in [-0.2, -0.15) is 0 Å². The first kappa shape index (κ1) is 16.5. The van der Waals surface area contributed by atoms with Gasteiger partial charge in [-0.25, -0.2) is 9.64 Å². The van der Waals surface area contributed by atoms with Crippen LogP contribution in [0.1, 0.15) is 5.56 Å². The molecule has 0 aliphatic heterocycles. The highest BCUT2D eigenvalue weighted by Crippen LogP contribution is 2.24. The molecule has 0 radical (unpaired) electrons. The summed E-state index contributed by atoms with van der Waals surface area (Å²) < 4.78 is 5.19. The third-order valence-corrected chi connectivity index (χ3v) is 3.23. The van der Waals surface area contributed by atoms with Gasteiger partial charge >= 0.3 is 6.09 Å². The molecule has 0 aliphatic carbocycles. The van der Waals surface area contributed by atoms with Gasteiger partial charge < -0.3 is 9.64 Å². The number of amides is 1. The fourth-order valence-corrected chi connectivity index (χ4v) is 2.06. The van der Waals surface area contributed by atoms with Gasteiger partial charge in [0.25, 0.3) is 0 Å². The first-order valence-corrected chi connectivity index (χ1v) is 7.27. The second-order valence-corrected chi connectivity index (χ2v) is 5.34. The lowest BCUT2D eigenvalue weighted by Gasteiger charge is -2.12. The average Bonchev–Trinajstić information content (AvgIpc) is 2.54. The first-order valence-electron chi connectivity index (χ1n) is 7.27. The summed E-state index contributed by atoms with van der Waals surface area (Å²) >= 11 is 0. The van der Waals surface area contributed by atoms with Crippen LogP contribution in [0.25, 0.3) is 4.85 Å². The minimum atomic E-state index is -0.551. The van der Waals surface area contributed by atoms with Gasteiger partial charge in [0.1, 0.15) is 5.75 Å². The smallest absolute Gasteiger partial charge is 0.410 e. The standard InChI is InChI=1S/C18H19N3O2/c1-19-17-10-9-15(13-14(17)11-12-21(2)3)20-18(22)23-16-7-5-4-6-8-16/h4-10,13H,11-12H2,2-3H3,(H,20,22). The molecular weight excluding hydrogens is 290 g/mol. The highest BCUT2D eigenvalue weighted by atomic mass is 16.6. The largest absolute Gasteiger partial charge is 0.417 e. The first-order chi connectivity index (χ1) is 11.1. The van der Waals surface area contributed by atoms with Gasteiger partial charge in [0.05, 0.1) is 6.57 Å². The van der Waals surface area contributed by atoms with Gasteiger partial charge in [-0.1, -0.05) is 24.3 Å². The number of carbonyl (C=O) groups is 1. The summed E-state index contributed by atoms with van der Waals surface area (Å²) in [5, 5.41) is 2.69. The van der Waals surface area contributed by atoms with E-state index in [1.165, 1.54) is 0 Å². The monoisotopic (exact) mass is 309 g/mol. The van der Waals surface area contributed by atoms with Crippen molar-refractivity contribution in [2.24, 2.45) is 0 Å². The number of likely N-dealkylation sites (N-methyl/N-ethyl adjacent to an activating group) is 1. The highest BCUT2D eigenvalue weighted by Gasteiger charge is 2.08. The zero-order valence-electron chi connectivity index (χ0n) is 13.2. The molecule has 0 fully saturated rings. The maximum atomic E-state index is 11.9. The molecule has 0 aromatic heterocycles. The minimum Gasteiger partial charge on any atom is -0.410 e. The van der Waals surface area contributed by atoms with E-state index in [0.29, 0.717) is 17.1 Å². The molecular formula is C18H19N3O2. The summed E-state index contributed by atoms with van der Waals surface area (Å²) in [5.74, 6) is 0.482. The molecule has 2 rings (SSSR count). The van der Waals surface area contributed by atoms with Crippen molar-refractivity contribution in [3.8, 4) is 5.75 Å². The summed E-state index contributed by atoms with van der Waals surface area (Å²) in [7, 11) is 3.97. The van der Waals surface area contributed by atoms with E-state index in [4.69, 9.17) is 11.3 Å². The molecule has 0 unspecified atom stereocenters. The lowest BCUT2D eigenvalue weighted by molar-refractivity contribution is 0.215. The topological polar surface area (TPSA) is 45.9 Å². The number of rotatable bonds is 5. The van der Waals surface area contributed by atoms with Crippen LogP contribution in [0.5, 0.6) is 5.75 Å². The summed E-state index contributed by atoms with van der Waals surface area (Å²) in [6.45, 7) is 8.06. The molecule has 0 saturated heterocycles. The van der Waals surface area contributed by atoms with E-state index in [2.05, 4.69) is 15.1 Å². The quantitative estimate of drug-likeness (QED) is 0.851. The van der Waals surface area contributed by atoms with E-state index in [-0.39, 0.29) is 0 Å². The number of anilines is 1. The second-order valence-electron chi connectivity index (χ2n) is 5.34. The van der Waals surface area contributed by atoms with E-state index in [1.54, 1.807) is 36.4 Å². The molecule has 2 aromatic carbocycles. The Kier molecular flexibility index (Phi) is 5.73. The molecule has 0 bridgehead atoms. The molecule has 0 saturated carbocycles. The molecule has 0 atom stereocenters. The summed E-state index contributed by atoms with van der Waals surface area (Å²) in [6.07, 6.45) is 0.193. The van der Waals surface area contributed by atoms with E-state index in [0.717, 1.165) is 18.5 Å². The van der Waals surface area contributed by atoms with Crippen LogP contribution in [0.15, 0.2) is 48.5 Å². The molecule has 1 N–H and O–H groups in total. The summed E-state index contributed by atoms with van der Waals surface area (Å²) in [4.78, 5) is 17.5. The molecule has 0 spiro atoms. The molecule has 0 heterocycles. The number of nitrogens with zero attached hydrogens (tertiary/aromatic N) is 2. The number of carbonyl (C=O) groups excluding carboxylic acids is 1. The Balaban J connectivity index is 2.06. The zero-order valence-corrected chi connectivity index (χ0v) is 13.2.